The third kappa shape index (κ3) is 3.16. The van der Waals surface area contributed by atoms with Gasteiger partial charge in [-0.05, 0) is 47.2 Å². The van der Waals surface area contributed by atoms with E-state index in [1.165, 1.54) is 11.7 Å². The molecule has 0 saturated heterocycles. The molecule has 8 heteroatoms. The Labute approximate surface area is 148 Å². The molecule has 3 rings (SSSR count). The van der Waals surface area contributed by atoms with Crippen LogP contribution in [0.5, 0.6) is 5.75 Å². The topological polar surface area (TPSA) is 61.9 Å². The van der Waals surface area contributed by atoms with E-state index in [2.05, 4.69) is 10.4 Å². The Bertz CT molecular complexity index is 949. The maximum absolute atomic E-state index is 12.1. The third-order valence-corrected chi connectivity index (χ3v) is 4.16. The van der Waals surface area contributed by atoms with Crippen LogP contribution in [0.4, 0.5) is 0 Å². The van der Waals surface area contributed by atoms with Crippen molar-refractivity contribution in [2.45, 2.75) is 13.5 Å². The molecule has 0 spiro atoms. The van der Waals surface area contributed by atoms with E-state index >= 15 is 0 Å². The summed E-state index contributed by atoms with van der Waals surface area (Å²) in [7, 11) is 1.53. The number of tetrazole rings is 1. The van der Waals surface area contributed by atoms with Gasteiger partial charge >= 0.3 is 5.69 Å². The van der Waals surface area contributed by atoms with Crippen LogP contribution in [0.25, 0.3) is 5.69 Å². The summed E-state index contributed by atoms with van der Waals surface area (Å²) in [4.78, 5) is 12.1. The molecule has 0 bridgehead atoms. The molecule has 0 amide bonds. The molecule has 0 N–H and O–H groups in total. The summed E-state index contributed by atoms with van der Waals surface area (Å²) in [5.74, 6) is 0.653. The average Bonchev–Trinajstić information content (AvgIpc) is 2.88. The highest BCUT2D eigenvalue weighted by atomic mass is 35.5. The Balaban J connectivity index is 1.98. The van der Waals surface area contributed by atoms with E-state index in [1.807, 2.05) is 13.0 Å². The number of nitrogens with zero attached hydrogens (tertiary/aromatic N) is 4. The minimum Gasteiger partial charge on any atom is -0.488 e. The molecule has 2 aromatic carbocycles. The molecule has 0 atom stereocenters. The lowest BCUT2D eigenvalue weighted by atomic mass is 10.2. The zero-order chi connectivity index (χ0) is 17.3. The first-order chi connectivity index (χ1) is 11.5. The van der Waals surface area contributed by atoms with Crippen molar-refractivity contribution >= 4 is 23.2 Å². The van der Waals surface area contributed by atoms with Crippen LogP contribution in [0.3, 0.4) is 0 Å². The largest absolute Gasteiger partial charge is 0.488 e. The third-order valence-electron chi connectivity index (χ3n) is 3.57. The molecule has 0 unspecified atom stereocenters. The first-order valence-electron chi connectivity index (χ1n) is 7.13. The van der Waals surface area contributed by atoms with Gasteiger partial charge in [0.15, 0.2) is 0 Å². The normalized spacial score (nSPS) is 10.8. The van der Waals surface area contributed by atoms with Crippen molar-refractivity contribution < 1.29 is 4.74 Å². The van der Waals surface area contributed by atoms with Gasteiger partial charge in [-0.1, -0.05) is 35.3 Å². The number of aromatic nitrogens is 4. The molecule has 0 aliphatic carbocycles. The van der Waals surface area contributed by atoms with E-state index in [1.54, 1.807) is 30.3 Å². The van der Waals surface area contributed by atoms with E-state index in [-0.39, 0.29) is 12.3 Å². The number of rotatable bonds is 4. The smallest absolute Gasteiger partial charge is 0.368 e. The number of benzene rings is 2. The highest BCUT2D eigenvalue weighted by Gasteiger charge is 2.15. The van der Waals surface area contributed by atoms with Crippen molar-refractivity contribution in [2.24, 2.45) is 7.05 Å². The fourth-order valence-corrected chi connectivity index (χ4v) is 2.62. The lowest BCUT2D eigenvalue weighted by Gasteiger charge is -2.13. The van der Waals surface area contributed by atoms with Crippen LogP contribution in [0.1, 0.15) is 11.1 Å². The Kier molecular flexibility index (Phi) is 4.59. The minimum atomic E-state index is -0.363. The first kappa shape index (κ1) is 16.5. The molecule has 0 fully saturated rings. The molecule has 3 aromatic rings. The molecule has 24 heavy (non-hydrogen) atoms. The Hall–Kier alpha value is -2.31. The fourth-order valence-electron chi connectivity index (χ4n) is 2.23. The summed E-state index contributed by atoms with van der Waals surface area (Å²) in [6.45, 7) is 2.09. The van der Waals surface area contributed by atoms with Crippen molar-refractivity contribution in [3.63, 3.8) is 0 Å². The molecule has 1 aromatic heterocycles. The van der Waals surface area contributed by atoms with Gasteiger partial charge in [0.2, 0.25) is 0 Å². The van der Waals surface area contributed by atoms with Crippen LogP contribution in [0.15, 0.2) is 41.2 Å². The van der Waals surface area contributed by atoms with Crippen molar-refractivity contribution in [1.82, 2.24) is 19.8 Å². The van der Waals surface area contributed by atoms with Gasteiger partial charge in [0, 0.05) is 22.7 Å². The standard InChI is InChI=1S/C16H14Cl2N4O2/c1-10-6-7-11(17)8-15(10)24-9-12-13(18)4-3-5-14(12)22-16(23)21(2)19-20-22/h3-8H,9H2,1-2H3. The molecule has 6 nitrogen and oxygen atoms in total. The molecule has 1 heterocycles. The SMILES string of the molecule is Cc1ccc(Cl)cc1OCc1c(Cl)cccc1-n1nnn(C)c1=O. The molecule has 124 valence electrons. The van der Waals surface area contributed by atoms with Gasteiger partial charge in [-0.3, -0.25) is 0 Å². The second-order valence-electron chi connectivity index (χ2n) is 5.23. The van der Waals surface area contributed by atoms with Crippen LogP contribution < -0.4 is 10.4 Å². The first-order valence-corrected chi connectivity index (χ1v) is 7.88. The van der Waals surface area contributed by atoms with E-state index in [4.69, 9.17) is 27.9 Å². The number of halogens is 2. The van der Waals surface area contributed by atoms with Crippen LogP contribution in [0.2, 0.25) is 10.0 Å². The molecular formula is C16H14Cl2N4O2. The summed E-state index contributed by atoms with van der Waals surface area (Å²) in [6, 6.07) is 10.6. The summed E-state index contributed by atoms with van der Waals surface area (Å²) in [5.41, 5.74) is 1.75. The zero-order valence-electron chi connectivity index (χ0n) is 13.0. The van der Waals surface area contributed by atoms with Crippen molar-refractivity contribution in [3.8, 4) is 11.4 Å². The number of ether oxygens (including phenoxy) is 1. The van der Waals surface area contributed by atoms with Gasteiger partial charge in [-0.25, -0.2) is 4.79 Å². The number of hydrogen-bond acceptors (Lipinski definition) is 4. The molecular weight excluding hydrogens is 351 g/mol. The average molecular weight is 365 g/mol. The van der Waals surface area contributed by atoms with Gasteiger partial charge in [0.05, 0.1) is 5.69 Å². The van der Waals surface area contributed by atoms with Gasteiger partial charge in [0.1, 0.15) is 12.4 Å². The van der Waals surface area contributed by atoms with Gasteiger partial charge in [0.25, 0.3) is 0 Å². The highest BCUT2D eigenvalue weighted by Crippen LogP contribution is 2.27. The highest BCUT2D eigenvalue weighted by molar-refractivity contribution is 6.31. The van der Waals surface area contributed by atoms with Gasteiger partial charge in [-0.2, -0.15) is 9.36 Å². The number of aryl methyl sites for hydroxylation is 2. The van der Waals surface area contributed by atoms with E-state index in [0.29, 0.717) is 27.0 Å². The summed E-state index contributed by atoms with van der Waals surface area (Å²) in [5, 5.41) is 8.64. The second-order valence-corrected chi connectivity index (χ2v) is 6.08. The van der Waals surface area contributed by atoms with E-state index in [9.17, 15) is 4.79 Å². The lowest BCUT2D eigenvalue weighted by molar-refractivity contribution is 0.303. The Morgan fingerprint density at radius 2 is 1.96 bits per heavy atom. The molecule has 0 aliphatic rings. The minimum absolute atomic E-state index is 0.166. The number of hydrogen-bond donors (Lipinski definition) is 0. The van der Waals surface area contributed by atoms with Gasteiger partial charge in [-0.15, -0.1) is 0 Å². The maximum atomic E-state index is 12.1. The summed E-state index contributed by atoms with van der Waals surface area (Å²) < 4.78 is 8.19. The van der Waals surface area contributed by atoms with Crippen molar-refractivity contribution in [2.75, 3.05) is 0 Å². The van der Waals surface area contributed by atoms with Crippen LogP contribution in [-0.2, 0) is 13.7 Å². The molecule has 0 aliphatic heterocycles. The predicted molar refractivity (Wildman–Crippen MR) is 92.1 cm³/mol. The van der Waals surface area contributed by atoms with Crippen LogP contribution in [-0.4, -0.2) is 19.8 Å². The monoisotopic (exact) mass is 364 g/mol. The van der Waals surface area contributed by atoms with Crippen molar-refractivity contribution in [1.29, 1.82) is 0 Å². The Morgan fingerprint density at radius 1 is 1.17 bits per heavy atom. The fraction of sp³-hybridized carbons (Fsp3) is 0.188. The van der Waals surface area contributed by atoms with Crippen molar-refractivity contribution in [3.05, 3.63) is 68.1 Å². The summed E-state index contributed by atoms with van der Waals surface area (Å²) in [6.07, 6.45) is 0. The van der Waals surface area contributed by atoms with Crippen LogP contribution in [0, 0.1) is 6.92 Å². The zero-order valence-corrected chi connectivity index (χ0v) is 14.5. The molecule has 0 radical (unpaired) electrons. The predicted octanol–water partition coefficient (Wildman–Crippen LogP) is 3.16. The van der Waals surface area contributed by atoms with Gasteiger partial charge < -0.3 is 4.74 Å². The lowest BCUT2D eigenvalue weighted by Crippen LogP contribution is -2.23. The molecule has 0 saturated carbocycles. The maximum Gasteiger partial charge on any atom is 0.368 e. The Morgan fingerprint density at radius 3 is 2.67 bits per heavy atom. The van der Waals surface area contributed by atoms with E-state index in [0.717, 1.165) is 10.2 Å². The van der Waals surface area contributed by atoms with Crippen LogP contribution >= 0.6 is 23.2 Å². The second kappa shape index (κ2) is 6.67. The summed E-state index contributed by atoms with van der Waals surface area (Å²) >= 11 is 12.3. The van der Waals surface area contributed by atoms with E-state index < -0.39 is 0 Å². The quantitative estimate of drug-likeness (QED) is 0.713.